The Kier molecular flexibility index (Phi) is 4.45. The van der Waals surface area contributed by atoms with Crippen molar-refractivity contribution in [1.82, 2.24) is 0 Å². The van der Waals surface area contributed by atoms with Crippen molar-refractivity contribution in [3.05, 3.63) is 57.8 Å². The summed E-state index contributed by atoms with van der Waals surface area (Å²) in [5, 5.41) is 0.608. The van der Waals surface area contributed by atoms with Gasteiger partial charge in [-0.1, -0.05) is 35.3 Å². The Balaban J connectivity index is 2.31. The van der Waals surface area contributed by atoms with Crippen LogP contribution < -0.4 is 5.73 Å². The topological polar surface area (TPSA) is 43.1 Å². The fourth-order valence-electron chi connectivity index (χ4n) is 1.62. The predicted molar refractivity (Wildman–Crippen MR) is 77.4 cm³/mol. The van der Waals surface area contributed by atoms with Crippen LogP contribution in [0.3, 0.4) is 0 Å². The van der Waals surface area contributed by atoms with Crippen LogP contribution in [0.25, 0.3) is 0 Å². The van der Waals surface area contributed by atoms with Gasteiger partial charge in [0.15, 0.2) is 0 Å². The minimum Gasteiger partial charge on any atom is -0.398 e. The lowest BCUT2D eigenvalue weighted by Gasteiger charge is -2.08. The van der Waals surface area contributed by atoms with Crippen LogP contribution in [0.2, 0.25) is 10.0 Å². The zero-order valence-corrected chi connectivity index (χ0v) is 12.0. The molecule has 2 rings (SSSR count). The van der Waals surface area contributed by atoms with Crippen LogP contribution in [0.15, 0.2) is 41.3 Å². The second-order valence-corrected chi connectivity index (χ2v) is 6.12. The van der Waals surface area contributed by atoms with Crippen molar-refractivity contribution in [2.75, 3.05) is 5.73 Å². The quantitative estimate of drug-likeness (QED) is 0.869. The third-order valence-corrected chi connectivity index (χ3v) is 4.67. The summed E-state index contributed by atoms with van der Waals surface area (Å²) in [6.07, 6.45) is 0. The maximum atomic E-state index is 13.6. The molecular formula is C13H10Cl2FNOS. The van der Waals surface area contributed by atoms with Gasteiger partial charge in [0.25, 0.3) is 0 Å². The highest BCUT2D eigenvalue weighted by Crippen LogP contribution is 2.28. The minimum absolute atomic E-state index is 0.00304. The van der Waals surface area contributed by atoms with Crippen molar-refractivity contribution >= 4 is 39.7 Å². The van der Waals surface area contributed by atoms with Gasteiger partial charge < -0.3 is 5.73 Å². The lowest BCUT2D eigenvalue weighted by atomic mass is 10.2. The Labute approximate surface area is 122 Å². The van der Waals surface area contributed by atoms with Crippen LogP contribution >= 0.6 is 23.2 Å². The van der Waals surface area contributed by atoms with Gasteiger partial charge in [-0.25, -0.2) is 4.39 Å². The fraction of sp³-hybridized carbons (Fsp3) is 0.0769. The summed E-state index contributed by atoms with van der Waals surface area (Å²) in [4.78, 5) is 0.332. The molecule has 2 nitrogen and oxygen atoms in total. The molecule has 0 aromatic heterocycles. The summed E-state index contributed by atoms with van der Waals surface area (Å²) in [6.45, 7) is 0. The SMILES string of the molecule is Nc1cccc(Cl)c1S(=O)Cc1ccc(Cl)cc1F. The van der Waals surface area contributed by atoms with E-state index in [1.165, 1.54) is 12.1 Å². The van der Waals surface area contributed by atoms with E-state index in [9.17, 15) is 8.60 Å². The Morgan fingerprint density at radius 3 is 2.58 bits per heavy atom. The molecule has 0 bridgehead atoms. The Bertz CT molecular complexity index is 628. The van der Waals surface area contributed by atoms with Crippen LogP contribution in [0.4, 0.5) is 10.1 Å². The van der Waals surface area contributed by atoms with Crippen LogP contribution in [-0.2, 0) is 16.6 Å². The van der Waals surface area contributed by atoms with Gasteiger partial charge in [-0.05, 0) is 24.3 Å². The van der Waals surface area contributed by atoms with Gasteiger partial charge in [-0.15, -0.1) is 0 Å². The van der Waals surface area contributed by atoms with Gasteiger partial charge in [0.05, 0.1) is 26.5 Å². The van der Waals surface area contributed by atoms with Crippen molar-refractivity contribution in [2.45, 2.75) is 10.6 Å². The molecule has 1 atom stereocenters. The number of nitrogens with two attached hydrogens (primary N) is 1. The first-order valence-electron chi connectivity index (χ1n) is 5.35. The van der Waals surface area contributed by atoms with Crippen molar-refractivity contribution < 1.29 is 8.60 Å². The van der Waals surface area contributed by atoms with E-state index in [0.29, 0.717) is 26.2 Å². The number of hydrogen-bond donors (Lipinski definition) is 1. The van der Waals surface area contributed by atoms with Gasteiger partial charge in [0.2, 0.25) is 0 Å². The molecule has 0 amide bonds. The molecule has 0 saturated carbocycles. The van der Waals surface area contributed by atoms with E-state index in [-0.39, 0.29) is 5.75 Å². The molecule has 0 heterocycles. The fourth-order valence-corrected chi connectivity index (χ4v) is 3.49. The Morgan fingerprint density at radius 2 is 1.95 bits per heavy atom. The standard InChI is InChI=1S/C13H10Cl2FNOS/c14-9-5-4-8(11(16)6-9)7-19(18)13-10(15)2-1-3-12(13)17/h1-6H,7,17H2. The lowest BCUT2D eigenvalue weighted by molar-refractivity contribution is 0.615. The molecule has 0 spiro atoms. The van der Waals surface area contributed by atoms with Crippen molar-refractivity contribution in [1.29, 1.82) is 0 Å². The molecule has 0 aliphatic carbocycles. The van der Waals surface area contributed by atoms with E-state index in [0.717, 1.165) is 0 Å². The number of hydrogen-bond acceptors (Lipinski definition) is 2. The van der Waals surface area contributed by atoms with Crippen LogP contribution in [0.5, 0.6) is 0 Å². The number of anilines is 1. The van der Waals surface area contributed by atoms with Gasteiger partial charge >= 0.3 is 0 Å². The predicted octanol–water partition coefficient (Wildman–Crippen LogP) is 4.02. The second kappa shape index (κ2) is 5.90. The Morgan fingerprint density at radius 1 is 1.21 bits per heavy atom. The lowest BCUT2D eigenvalue weighted by Crippen LogP contribution is -2.03. The highest BCUT2D eigenvalue weighted by atomic mass is 35.5. The summed E-state index contributed by atoms with van der Waals surface area (Å²) in [7, 11) is -1.51. The van der Waals surface area contributed by atoms with Crippen LogP contribution in [-0.4, -0.2) is 4.21 Å². The molecule has 0 aliphatic heterocycles. The summed E-state index contributed by atoms with van der Waals surface area (Å²) >= 11 is 11.6. The van der Waals surface area contributed by atoms with E-state index in [1.54, 1.807) is 24.3 Å². The average molecular weight is 318 g/mol. The molecule has 6 heteroatoms. The van der Waals surface area contributed by atoms with E-state index in [4.69, 9.17) is 28.9 Å². The number of benzene rings is 2. The van der Waals surface area contributed by atoms with Gasteiger partial charge in [0, 0.05) is 16.3 Å². The summed E-state index contributed by atoms with van der Waals surface area (Å²) < 4.78 is 25.9. The second-order valence-electron chi connectivity index (χ2n) is 3.88. The smallest absolute Gasteiger partial charge is 0.128 e. The highest BCUT2D eigenvalue weighted by molar-refractivity contribution is 7.84. The molecule has 2 aromatic carbocycles. The molecule has 100 valence electrons. The summed E-state index contributed by atoms with van der Waals surface area (Å²) in [5.41, 5.74) is 6.39. The molecule has 0 aliphatic rings. The molecule has 2 N–H and O–H groups in total. The Hall–Kier alpha value is -1.10. The number of halogens is 3. The number of rotatable bonds is 3. The first-order chi connectivity index (χ1) is 8.99. The molecule has 1 unspecified atom stereocenters. The summed E-state index contributed by atoms with van der Waals surface area (Å²) in [5.74, 6) is -0.497. The van der Waals surface area contributed by atoms with Gasteiger partial charge in [-0.2, -0.15) is 0 Å². The monoisotopic (exact) mass is 317 g/mol. The first-order valence-corrected chi connectivity index (χ1v) is 7.43. The number of nitrogen functional groups attached to an aromatic ring is 1. The zero-order chi connectivity index (χ0) is 14.0. The zero-order valence-electron chi connectivity index (χ0n) is 9.70. The van der Waals surface area contributed by atoms with Crippen molar-refractivity contribution in [3.8, 4) is 0 Å². The molecular weight excluding hydrogens is 308 g/mol. The molecule has 0 saturated heterocycles. The van der Waals surface area contributed by atoms with Crippen molar-refractivity contribution in [3.63, 3.8) is 0 Å². The van der Waals surface area contributed by atoms with Crippen LogP contribution in [0, 0.1) is 5.82 Å². The van der Waals surface area contributed by atoms with E-state index < -0.39 is 16.6 Å². The van der Waals surface area contributed by atoms with Gasteiger partial charge in [0.1, 0.15) is 5.82 Å². The average Bonchev–Trinajstić information content (AvgIpc) is 2.32. The maximum absolute atomic E-state index is 13.6. The maximum Gasteiger partial charge on any atom is 0.128 e. The highest BCUT2D eigenvalue weighted by Gasteiger charge is 2.15. The summed E-state index contributed by atoms with van der Waals surface area (Å²) in [6, 6.07) is 9.11. The van der Waals surface area contributed by atoms with E-state index in [2.05, 4.69) is 0 Å². The van der Waals surface area contributed by atoms with E-state index >= 15 is 0 Å². The molecule has 19 heavy (non-hydrogen) atoms. The molecule has 0 radical (unpaired) electrons. The van der Waals surface area contributed by atoms with Crippen LogP contribution in [0.1, 0.15) is 5.56 Å². The minimum atomic E-state index is -1.51. The normalized spacial score (nSPS) is 12.4. The molecule has 2 aromatic rings. The molecule has 0 fully saturated rings. The third kappa shape index (κ3) is 3.26. The first kappa shape index (κ1) is 14.3. The van der Waals surface area contributed by atoms with Gasteiger partial charge in [-0.3, -0.25) is 4.21 Å². The largest absolute Gasteiger partial charge is 0.398 e. The van der Waals surface area contributed by atoms with E-state index in [1.807, 2.05) is 0 Å². The van der Waals surface area contributed by atoms with Crippen molar-refractivity contribution in [2.24, 2.45) is 0 Å². The third-order valence-electron chi connectivity index (χ3n) is 2.53.